The lowest BCUT2D eigenvalue weighted by Gasteiger charge is -2.13. The van der Waals surface area contributed by atoms with Gasteiger partial charge in [0.2, 0.25) is 0 Å². The van der Waals surface area contributed by atoms with Gasteiger partial charge in [-0.1, -0.05) is 164 Å². The Hall–Kier alpha value is -8.93. The van der Waals surface area contributed by atoms with E-state index in [1.165, 1.54) is 54.1 Å². The van der Waals surface area contributed by atoms with E-state index < -0.39 is 0 Å². The van der Waals surface area contributed by atoms with Crippen molar-refractivity contribution in [2.24, 2.45) is 0 Å². The van der Waals surface area contributed by atoms with Gasteiger partial charge in [0, 0.05) is 55.0 Å². The average molecular weight is 840 g/mol. The van der Waals surface area contributed by atoms with Gasteiger partial charge in [0.05, 0.1) is 22.1 Å². The molecule has 0 bridgehead atoms. The van der Waals surface area contributed by atoms with Gasteiger partial charge in [-0.15, -0.1) is 0 Å². The van der Waals surface area contributed by atoms with Gasteiger partial charge in [0.15, 0.2) is 17.5 Å². The Labute approximate surface area is 379 Å². The summed E-state index contributed by atoms with van der Waals surface area (Å²) >= 11 is 0. The summed E-state index contributed by atoms with van der Waals surface area (Å²) in [6, 6.07) is 80.6. The molecule has 0 unspecified atom stereocenters. The molecule has 14 rings (SSSR count). The lowest BCUT2D eigenvalue weighted by Crippen LogP contribution is -2.01. The first-order valence-corrected chi connectivity index (χ1v) is 22.4. The fourth-order valence-electron chi connectivity index (χ4n) is 10.5. The Morgan fingerprint density at radius 3 is 1.44 bits per heavy atom. The standard InChI is InChI=1S/C61H37N5/c1-2-17-43-36-57-53(35-42(43)16-1)54-37-45(66-55-26-10-9-23-49(55)50-33-29-40-15-5-8-22-48(40)58(50)66)32-34-56(54)65(57)44-30-27-41(28-31-44)59-62-60(51-24-11-18-38-13-3-6-20-46(38)51)64-61(63-59)52-25-12-19-39-14-4-7-21-47(39)52/h1-37H. The van der Waals surface area contributed by atoms with Crippen LogP contribution in [0.2, 0.25) is 0 Å². The predicted octanol–water partition coefficient (Wildman–Crippen LogP) is 15.7. The third-order valence-corrected chi connectivity index (χ3v) is 13.5. The molecule has 0 aliphatic carbocycles. The number of aromatic nitrogens is 5. The van der Waals surface area contributed by atoms with Crippen LogP contribution in [-0.4, -0.2) is 24.1 Å². The second kappa shape index (κ2) is 14.3. The van der Waals surface area contributed by atoms with Crippen LogP contribution >= 0.6 is 0 Å². The second-order valence-corrected chi connectivity index (χ2v) is 17.2. The van der Waals surface area contributed by atoms with Gasteiger partial charge < -0.3 is 9.13 Å². The summed E-state index contributed by atoms with van der Waals surface area (Å²) in [5, 5.41) is 14.3. The average Bonchev–Trinajstić information content (AvgIpc) is 3.89. The highest BCUT2D eigenvalue weighted by atomic mass is 15.0. The van der Waals surface area contributed by atoms with E-state index in [1.807, 2.05) is 0 Å². The fourth-order valence-corrected chi connectivity index (χ4v) is 10.5. The summed E-state index contributed by atoms with van der Waals surface area (Å²) in [7, 11) is 0. The molecular weight excluding hydrogens is 803 g/mol. The van der Waals surface area contributed by atoms with E-state index in [2.05, 4.69) is 234 Å². The zero-order chi connectivity index (χ0) is 43.3. The van der Waals surface area contributed by atoms with Crippen molar-refractivity contribution in [3.05, 3.63) is 224 Å². The summed E-state index contributed by atoms with van der Waals surface area (Å²) in [5.41, 5.74) is 9.76. The van der Waals surface area contributed by atoms with E-state index in [0.717, 1.165) is 60.6 Å². The minimum Gasteiger partial charge on any atom is -0.309 e. The molecule has 0 saturated heterocycles. The van der Waals surface area contributed by atoms with E-state index >= 15 is 0 Å². The van der Waals surface area contributed by atoms with E-state index in [0.29, 0.717) is 17.5 Å². The summed E-state index contributed by atoms with van der Waals surface area (Å²) in [6.07, 6.45) is 0. The molecule has 11 aromatic carbocycles. The van der Waals surface area contributed by atoms with Crippen LogP contribution in [0.3, 0.4) is 0 Å². The van der Waals surface area contributed by atoms with E-state index in [9.17, 15) is 0 Å². The minimum atomic E-state index is 0.624. The second-order valence-electron chi connectivity index (χ2n) is 17.2. The van der Waals surface area contributed by atoms with Gasteiger partial charge in [-0.2, -0.15) is 0 Å². The van der Waals surface area contributed by atoms with Crippen LogP contribution in [0.25, 0.3) is 132 Å². The number of nitrogens with zero attached hydrogens (tertiary/aromatic N) is 5. The van der Waals surface area contributed by atoms with Gasteiger partial charge in [-0.3, -0.25) is 0 Å². The quantitative estimate of drug-likeness (QED) is 0.173. The molecular formula is C61H37N5. The SMILES string of the molecule is c1ccc2cc3c(cc2c1)c1cc(-n2c4ccccc4c4ccc5ccccc5c42)ccc1n3-c1ccc(-c2nc(-c3cccc4ccccc34)nc(-c3cccc4ccccc34)n2)cc1. The fraction of sp³-hybridized carbons (Fsp3) is 0. The van der Waals surface area contributed by atoms with Crippen LogP contribution in [-0.2, 0) is 0 Å². The maximum absolute atomic E-state index is 5.22. The maximum atomic E-state index is 5.22. The first-order valence-electron chi connectivity index (χ1n) is 22.4. The molecule has 14 aromatic rings. The molecule has 0 spiro atoms. The number of para-hydroxylation sites is 1. The summed E-state index contributed by atoms with van der Waals surface area (Å²) in [5.74, 6) is 1.91. The summed E-state index contributed by atoms with van der Waals surface area (Å²) < 4.78 is 4.86. The highest BCUT2D eigenvalue weighted by molar-refractivity contribution is 6.19. The van der Waals surface area contributed by atoms with Crippen LogP contribution < -0.4 is 0 Å². The third kappa shape index (κ3) is 5.57. The van der Waals surface area contributed by atoms with Gasteiger partial charge >= 0.3 is 0 Å². The van der Waals surface area contributed by atoms with Gasteiger partial charge in [-0.25, -0.2) is 15.0 Å². The lowest BCUT2D eigenvalue weighted by atomic mass is 10.0. The van der Waals surface area contributed by atoms with Crippen molar-refractivity contribution in [1.82, 2.24) is 24.1 Å². The smallest absolute Gasteiger partial charge is 0.164 e. The van der Waals surface area contributed by atoms with Crippen LogP contribution in [0.4, 0.5) is 0 Å². The third-order valence-electron chi connectivity index (χ3n) is 13.5. The number of hydrogen-bond acceptors (Lipinski definition) is 3. The first-order chi connectivity index (χ1) is 32.7. The number of rotatable bonds is 5. The zero-order valence-electron chi connectivity index (χ0n) is 35.6. The normalized spacial score (nSPS) is 11.9. The first kappa shape index (κ1) is 36.5. The van der Waals surface area contributed by atoms with Crippen LogP contribution in [0.1, 0.15) is 0 Å². The Morgan fingerprint density at radius 2 is 0.758 bits per heavy atom. The summed E-state index contributed by atoms with van der Waals surface area (Å²) in [4.78, 5) is 15.6. The van der Waals surface area contributed by atoms with Crippen molar-refractivity contribution in [3.63, 3.8) is 0 Å². The molecule has 66 heavy (non-hydrogen) atoms. The number of benzene rings is 11. The molecule has 0 aliphatic heterocycles. The van der Waals surface area contributed by atoms with Crippen molar-refractivity contribution < 1.29 is 0 Å². The molecule has 5 nitrogen and oxygen atoms in total. The molecule has 0 saturated carbocycles. The zero-order valence-corrected chi connectivity index (χ0v) is 35.6. The topological polar surface area (TPSA) is 48.5 Å². The summed E-state index contributed by atoms with van der Waals surface area (Å²) in [6.45, 7) is 0. The lowest BCUT2D eigenvalue weighted by molar-refractivity contribution is 1.08. The van der Waals surface area contributed by atoms with Crippen molar-refractivity contribution in [2.75, 3.05) is 0 Å². The van der Waals surface area contributed by atoms with E-state index in [4.69, 9.17) is 15.0 Å². The molecule has 0 aliphatic rings. The van der Waals surface area contributed by atoms with Gasteiger partial charge in [0.25, 0.3) is 0 Å². The monoisotopic (exact) mass is 839 g/mol. The van der Waals surface area contributed by atoms with Crippen molar-refractivity contribution in [2.45, 2.75) is 0 Å². The predicted molar refractivity (Wildman–Crippen MR) is 275 cm³/mol. The van der Waals surface area contributed by atoms with Crippen LogP contribution in [0.5, 0.6) is 0 Å². The Balaban J connectivity index is 0.964. The van der Waals surface area contributed by atoms with Crippen molar-refractivity contribution >= 4 is 86.7 Å². The highest BCUT2D eigenvalue weighted by Gasteiger charge is 2.20. The van der Waals surface area contributed by atoms with E-state index in [-0.39, 0.29) is 0 Å². The molecule has 0 radical (unpaired) electrons. The molecule has 306 valence electrons. The van der Waals surface area contributed by atoms with Gasteiger partial charge in [0.1, 0.15) is 0 Å². The molecule has 3 heterocycles. The molecule has 5 heteroatoms. The highest BCUT2D eigenvalue weighted by Crippen LogP contribution is 2.41. The minimum absolute atomic E-state index is 0.624. The largest absolute Gasteiger partial charge is 0.309 e. The molecule has 0 fully saturated rings. The molecule has 0 atom stereocenters. The molecule has 0 N–H and O–H groups in total. The number of hydrogen-bond donors (Lipinski definition) is 0. The van der Waals surface area contributed by atoms with Crippen molar-refractivity contribution in [3.8, 4) is 45.5 Å². The van der Waals surface area contributed by atoms with Crippen LogP contribution in [0, 0.1) is 0 Å². The Kier molecular flexibility index (Phi) is 7.91. The van der Waals surface area contributed by atoms with Crippen molar-refractivity contribution in [1.29, 1.82) is 0 Å². The number of fused-ring (bicyclic) bond motifs is 11. The maximum Gasteiger partial charge on any atom is 0.164 e. The molecule has 0 amide bonds. The molecule has 3 aromatic heterocycles. The van der Waals surface area contributed by atoms with E-state index in [1.54, 1.807) is 0 Å². The Bertz CT molecular complexity index is 4180. The Morgan fingerprint density at radius 1 is 0.258 bits per heavy atom. The van der Waals surface area contributed by atoms with Gasteiger partial charge in [-0.05, 0) is 98.4 Å². The van der Waals surface area contributed by atoms with Crippen LogP contribution in [0.15, 0.2) is 224 Å².